The van der Waals surface area contributed by atoms with Crippen LogP contribution in [-0.4, -0.2) is 19.8 Å². The molecule has 0 saturated carbocycles. The third-order valence-corrected chi connectivity index (χ3v) is 3.21. The number of nitrogens with zero attached hydrogens (tertiary/aromatic N) is 1. The monoisotopic (exact) mass is 211 g/mol. The van der Waals surface area contributed by atoms with Crippen molar-refractivity contribution in [2.45, 2.75) is 6.04 Å². The Balaban J connectivity index is 0.000000144. The lowest BCUT2D eigenvalue weighted by atomic mass is 10.2. The fourth-order valence-electron chi connectivity index (χ4n) is 1.41. The van der Waals surface area contributed by atoms with Crippen LogP contribution in [0.3, 0.4) is 0 Å². The number of para-hydroxylation sites is 1. The summed E-state index contributed by atoms with van der Waals surface area (Å²) in [5, 5.41) is 1.20. The third-order valence-electron chi connectivity index (χ3n) is 2.17. The highest BCUT2D eigenvalue weighted by molar-refractivity contribution is 6.51. The van der Waals surface area contributed by atoms with Gasteiger partial charge < -0.3 is 0 Å². The van der Waals surface area contributed by atoms with E-state index in [9.17, 15) is 0 Å². The number of rotatable bonds is 0. The highest BCUT2D eigenvalue weighted by Crippen LogP contribution is 2.07. The van der Waals surface area contributed by atoms with Gasteiger partial charge in [0.05, 0.1) is 5.52 Å². The normalized spacial score (nSPS) is 12.5. The maximum absolute atomic E-state index is 4.18. The molecule has 74 valence electrons. The van der Waals surface area contributed by atoms with E-state index in [1.807, 2.05) is 30.5 Å². The van der Waals surface area contributed by atoms with Gasteiger partial charge in [-0.15, -0.1) is 0 Å². The number of aromatic nitrogens is 1. The molecular weight excluding hydrogens is 198 g/mol. The molecule has 2 heteroatoms. The number of allylic oxidation sites excluding steroid dienone is 2. The van der Waals surface area contributed by atoms with Crippen LogP contribution in [0.5, 0.6) is 0 Å². The van der Waals surface area contributed by atoms with E-state index in [-0.39, 0.29) is 0 Å². The Morgan fingerprint density at radius 2 is 1.93 bits per heavy atom. The molecule has 1 aromatic carbocycles. The highest BCUT2D eigenvalue weighted by atomic mass is 28.2. The third kappa shape index (κ3) is 2.96. The zero-order valence-electron chi connectivity index (χ0n) is 8.51. The molecule has 3 rings (SSSR count). The molecule has 2 heterocycles. The summed E-state index contributed by atoms with van der Waals surface area (Å²) >= 11 is 0. The van der Waals surface area contributed by atoms with Gasteiger partial charge in [-0.1, -0.05) is 42.1 Å². The fraction of sp³-hybridized carbons (Fsp3) is 0.0769. The van der Waals surface area contributed by atoms with Crippen molar-refractivity contribution in [3.8, 4) is 0 Å². The van der Waals surface area contributed by atoms with Crippen LogP contribution in [0.1, 0.15) is 0 Å². The Kier molecular flexibility index (Phi) is 3.57. The van der Waals surface area contributed by atoms with Gasteiger partial charge in [-0.3, -0.25) is 4.98 Å². The molecule has 1 aliphatic heterocycles. The van der Waals surface area contributed by atoms with Crippen LogP contribution in [0.25, 0.3) is 10.9 Å². The second-order valence-electron chi connectivity index (χ2n) is 3.29. The van der Waals surface area contributed by atoms with Crippen molar-refractivity contribution >= 4 is 25.7 Å². The van der Waals surface area contributed by atoms with Crippen LogP contribution in [0.2, 0.25) is 6.04 Å². The van der Waals surface area contributed by atoms with E-state index in [1.165, 1.54) is 11.4 Å². The van der Waals surface area contributed by atoms with Crippen molar-refractivity contribution < 1.29 is 0 Å². The molecule has 0 atom stereocenters. The van der Waals surface area contributed by atoms with Crippen LogP contribution in [0, 0.1) is 0 Å². The van der Waals surface area contributed by atoms with E-state index in [4.69, 9.17) is 0 Å². The second kappa shape index (κ2) is 5.37. The predicted molar refractivity (Wildman–Crippen MR) is 68.9 cm³/mol. The van der Waals surface area contributed by atoms with E-state index >= 15 is 0 Å². The van der Waals surface area contributed by atoms with E-state index in [1.54, 1.807) is 0 Å². The Morgan fingerprint density at radius 3 is 2.60 bits per heavy atom. The summed E-state index contributed by atoms with van der Waals surface area (Å²) in [4.78, 5) is 4.18. The van der Waals surface area contributed by atoms with Crippen molar-refractivity contribution in [3.63, 3.8) is 0 Å². The molecule has 0 unspecified atom stereocenters. The molecular formula is C13H13NSi. The topological polar surface area (TPSA) is 12.9 Å². The Labute approximate surface area is 91.9 Å². The van der Waals surface area contributed by atoms with E-state index in [2.05, 4.69) is 34.9 Å². The van der Waals surface area contributed by atoms with Crippen LogP contribution >= 0.6 is 0 Å². The molecule has 1 nitrogen and oxygen atoms in total. The first-order valence-corrected chi connectivity index (χ1v) is 6.56. The molecule has 0 aliphatic carbocycles. The summed E-state index contributed by atoms with van der Waals surface area (Å²) in [5.41, 5.74) is 3.32. The van der Waals surface area contributed by atoms with E-state index in [0.717, 1.165) is 5.52 Å². The zero-order chi connectivity index (χ0) is 10.3. The van der Waals surface area contributed by atoms with Crippen molar-refractivity contribution in [1.29, 1.82) is 0 Å². The summed E-state index contributed by atoms with van der Waals surface area (Å²) in [7, 11) is 0.690. The van der Waals surface area contributed by atoms with Crippen molar-refractivity contribution in [1.82, 2.24) is 4.98 Å². The second-order valence-corrected chi connectivity index (χ2v) is 4.62. The van der Waals surface area contributed by atoms with Gasteiger partial charge in [0, 0.05) is 11.6 Å². The fourth-order valence-corrected chi connectivity index (χ4v) is 2.19. The van der Waals surface area contributed by atoms with E-state index < -0.39 is 0 Å². The summed E-state index contributed by atoms with van der Waals surface area (Å²) < 4.78 is 0. The van der Waals surface area contributed by atoms with Crippen molar-refractivity contribution in [2.75, 3.05) is 0 Å². The molecule has 0 saturated heterocycles. The van der Waals surface area contributed by atoms with Gasteiger partial charge in [0.1, 0.15) is 0 Å². The minimum atomic E-state index is 0.690. The lowest BCUT2D eigenvalue weighted by molar-refractivity contribution is 1.41. The first kappa shape index (κ1) is 9.99. The zero-order valence-corrected chi connectivity index (χ0v) is 9.66. The average molecular weight is 211 g/mol. The van der Waals surface area contributed by atoms with Gasteiger partial charge in [0.15, 0.2) is 0 Å². The Bertz CT molecular complexity index is 413. The van der Waals surface area contributed by atoms with Gasteiger partial charge in [-0.2, -0.15) is 0 Å². The molecule has 1 aromatic heterocycles. The summed E-state index contributed by atoms with van der Waals surface area (Å²) in [6.07, 6.45) is 6.17. The summed E-state index contributed by atoms with van der Waals surface area (Å²) in [5.74, 6) is 0. The molecule has 2 aromatic rings. The lowest BCUT2D eigenvalue weighted by Gasteiger charge is -1.91. The standard InChI is InChI=1S/C9H7N.C4H6Si/c1-2-6-9-8(4-1)5-3-7-10-9;1-2-4-5-3-1/h1-7H;1-3,5H,4H2. The molecule has 0 radical (unpaired) electrons. The Hall–Kier alpha value is -1.54. The van der Waals surface area contributed by atoms with Gasteiger partial charge in [-0.05, 0) is 27.3 Å². The van der Waals surface area contributed by atoms with E-state index in [0.29, 0.717) is 9.13 Å². The smallest absolute Gasteiger partial charge is 0.0701 e. The molecule has 0 fully saturated rings. The first-order chi connectivity index (χ1) is 7.47. The minimum Gasteiger partial charge on any atom is -0.256 e. The van der Waals surface area contributed by atoms with Crippen molar-refractivity contribution in [2.24, 2.45) is 0 Å². The van der Waals surface area contributed by atoms with Crippen LogP contribution < -0.4 is 0 Å². The number of hydrogen-bond acceptors (Lipinski definition) is 1. The van der Waals surface area contributed by atoms with Crippen LogP contribution in [-0.2, 0) is 0 Å². The maximum Gasteiger partial charge on any atom is 0.0701 e. The largest absolute Gasteiger partial charge is 0.256 e. The van der Waals surface area contributed by atoms with Crippen molar-refractivity contribution in [3.05, 3.63) is 54.7 Å². The quantitative estimate of drug-likeness (QED) is 0.610. The molecule has 0 bridgehead atoms. The predicted octanol–water partition coefficient (Wildman–Crippen LogP) is 2.45. The number of fused-ring (bicyclic) bond motifs is 1. The molecule has 0 amide bonds. The molecule has 1 aliphatic rings. The highest BCUT2D eigenvalue weighted by Gasteiger charge is 1.86. The van der Waals surface area contributed by atoms with Crippen LogP contribution in [0.15, 0.2) is 54.7 Å². The number of benzene rings is 1. The van der Waals surface area contributed by atoms with Crippen LogP contribution in [0.4, 0.5) is 0 Å². The number of hydrogen-bond donors (Lipinski definition) is 0. The van der Waals surface area contributed by atoms with Gasteiger partial charge in [-0.25, -0.2) is 0 Å². The molecule has 15 heavy (non-hydrogen) atoms. The SMILES string of the molecule is C1=CC[SiH]=C1.c1ccc2ncccc2c1. The Morgan fingerprint density at radius 1 is 1.07 bits per heavy atom. The minimum absolute atomic E-state index is 0.690. The van der Waals surface area contributed by atoms with Gasteiger partial charge >= 0.3 is 0 Å². The van der Waals surface area contributed by atoms with Gasteiger partial charge in [0.25, 0.3) is 0 Å². The maximum atomic E-state index is 4.18. The molecule has 0 N–H and O–H groups in total. The van der Waals surface area contributed by atoms with Gasteiger partial charge in [0.2, 0.25) is 0 Å². The number of pyridine rings is 1. The average Bonchev–Trinajstić information content (AvgIpc) is 2.88. The summed E-state index contributed by atoms with van der Waals surface area (Å²) in [6, 6.07) is 13.4. The summed E-state index contributed by atoms with van der Waals surface area (Å²) in [6.45, 7) is 0. The lowest BCUT2D eigenvalue weighted by Crippen LogP contribution is -1.73. The first-order valence-electron chi connectivity index (χ1n) is 5.08. The molecule has 0 spiro atoms.